The highest BCUT2D eigenvalue weighted by Crippen LogP contribution is 2.39. The maximum atomic E-state index is 12.7. The van der Waals surface area contributed by atoms with Crippen LogP contribution in [0.25, 0.3) is 10.9 Å². The van der Waals surface area contributed by atoms with Crippen LogP contribution in [0.1, 0.15) is 37.4 Å². The van der Waals surface area contributed by atoms with Gasteiger partial charge in [-0.2, -0.15) is 0 Å². The predicted molar refractivity (Wildman–Crippen MR) is 135 cm³/mol. The number of aromatic nitrogens is 2. The van der Waals surface area contributed by atoms with E-state index >= 15 is 0 Å². The molecule has 1 aromatic heterocycles. The fourth-order valence-electron chi connectivity index (χ4n) is 4.46. The molecule has 3 aromatic rings. The molecule has 7 nitrogen and oxygen atoms in total. The number of benzene rings is 2. The van der Waals surface area contributed by atoms with E-state index in [1.165, 1.54) is 0 Å². The third-order valence-corrected chi connectivity index (χ3v) is 6.51. The summed E-state index contributed by atoms with van der Waals surface area (Å²) in [5.41, 5.74) is 1.82. The number of hydrogen-bond donors (Lipinski definition) is 1. The summed E-state index contributed by atoms with van der Waals surface area (Å²) in [6.07, 6.45) is 3.74. The van der Waals surface area contributed by atoms with E-state index in [0.717, 1.165) is 86.9 Å². The first kappa shape index (κ1) is 22.7. The second-order valence-corrected chi connectivity index (χ2v) is 9.16. The summed E-state index contributed by atoms with van der Waals surface area (Å²) in [5, 5.41) is 4.07. The molecule has 1 saturated carbocycles. The normalized spacial score (nSPS) is 16.5. The zero-order chi connectivity index (χ0) is 23.2. The molecule has 1 amide bonds. The van der Waals surface area contributed by atoms with Crippen molar-refractivity contribution in [2.45, 2.75) is 31.6 Å². The molecule has 0 spiro atoms. The van der Waals surface area contributed by atoms with E-state index in [1.807, 2.05) is 42.5 Å². The van der Waals surface area contributed by atoms with Crippen LogP contribution in [0.3, 0.4) is 0 Å². The molecule has 1 aliphatic carbocycles. The standard InChI is InChI=1S/C27H33N5O2/c33-25(28-22-7-2-1-3-8-22)13-16-32(15-6-14-31-17-19-34-20-18-31)27-23-9-4-5-10-24(23)29-26(30-27)21-11-12-21/h1-5,7-10,21H,6,11-20H2,(H,28,33). The third kappa shape index (κ3) is 5.90. The molecule has 0 radical (unpaired) electrons. The van der Waals surface area contributed by atoms with Crippen LogP contribution in [-0.4, -0.2) is 66.7 Å². The number of nitrogens with one attached hydrogen (secondary N) is 1. The molecule has 7 heteroatoms. The summed E-state index contributed by atoms with van der Waals surface area (Å²) in [4.78, 5) is 27.4. The number of carbonyl (C=O) groups is 1. The first-order valence-electron chi connectivity index (χ1n) is 12.4. The molecule has 2 aromatic carbocycles. The Labute approximate surface area is 201 Å². The average molecular weight is 460 g/mol. The van der Waals surface area contributed by atoms with Gasteiger partial charge >= 0.3 is 0 Å². The van der Waals surface area contributed by atoms with Crippen molar-refractivity contribution < 1.29 is 9.53 Å². The quantitative estimate of drug-likeness (QED) is 0.493. The Kier molecular flexibility index (Phi) is 7.31. The zero-order valence-electron chi connectivity index (χ0n) is 19.7. The Morgan fingerprint density at radius 3 is 2.56 bits per heavy atom. The largest absolute Gasteiger partial charge is 0.379 e. The van der Waals surface area contributed by atoms with Gasteiger partial charge in [-0.1, -0.05) is 30.3 Å². The fourth-order valence-corrected chi connectivity index (χ4v) is 4.46. The molecule has 0 bridgehead atoms. The molecule has 1 N–H and O–H groups in total. The SMILES string of the molecule is O=C(CCN(CCCN1CCOCC1)c1nc(C2CC2)nc2ccccc12)Nc1ccccc1. The maximum Gasteiger partial charge on any atom is 0.226 e. The van der Waals surface area contributed by atoms with Crippen molar-refractivity contribution in [2.24, 2.45) is 0 Å². The lowest BCUT2D eigenvalue weighted by atomic mass is 10.2. The highest BCUT2D eigenvalue weighted by Gasteiger charge is 2.28. The molecular formula is C27H33N5O2. The van der Waals surface area contributed by atoms with Gasteiger partial charge in [0, 0.05) is 56.1 Å². The summed E-state index contributed by atoms with van der Waals surface area (Å²) in [5.74, 6) is 2.40. The lowest BCUT2D eigenvalue weighted by Crippen LogP contribution is -2.38. The molecule has 1 aliphatic heterocycles. The van der Waals surface area contributed by atoms with Gasteiger partial charge < -0.3 is 15.0 Å². The first-order valence-corrected chi connectivity index (χ1v) is 12.4. The zero-order valence-corrected chi connectivity index (χ0v) is 19.7. The number of anilines is 2. The lowest BCUT2D eigenvalue weighted by molar-refractivity contribution is -0.116. The van der Waals surface area contributed by atoms with Gasteiger partial charge in [-0.3, -0.25) is 9.69 Å². The summed E-state index contributed by atoms with van der Waals surface area (Å²) >= 11 is 0. The first-order chi connectivity index (χ1) is 16.8. The Hall–Kier alpha value is -3.03. The minimum atomic E-state index is 0.0187. The van der Waals surface area contributed by atoms with E-state index in [4.69, 9.17) is 14.7 Å². The van der Waals surface area contributed by atoms with Gasteiger partial charge in [-0.25, -0.2) is 9.97 Å². The predicted octanol–water partition coefficient (Wildman–Crippen LogP) is 4.06. The van der Waals surface area contributed by atoms with Crippen LogP contribution in [0.5, 0.6) is 0 Å². The lowest BCUT2D eigenvalue weighted by Gasteiger charge is -2.29. The average Bonchev–Trinajstić information content (AvgIpc) is 3.72. The number of fused-ring (bicyclic) bond motifs is 1. The number of nitrogens with zero attached hydrogens (tertiary/aromatic N) is 4. The third-order valence-electron chi connectivity index (χ3n) is 6.51. The Morgan fingerprint density at radius 1 is 1.00 bits per heavy atom. The molecular weight excluding hydrogens is 426 g/mol. The van der Waals surface area contributed by atoms with Gasteiger partial charge in [-0.05, 0) is 43.5 Å². The number of morpholine rings is 1. The molecule has 2 heterocycles. The van der Waals surface area contributed by atoms with Crippen LogP contribution in [0.2, 0.25) is 0 Å². The van der Waals surface area contributed by atoms with Gasteiger partial charge in [0.05, 0.1) is 18.7 Å². The highest BCUT2D eigenvalue weighted by molar-refractivity contribution is 5.92. The van der Waals surface area contributed by atoms with Gasteiger partial charge in [0.1, 0.15) is 11.6 Å². The Bertz CT molecular complexity index is 1100. The van der Waals surface area contributed by atoms with Crippen molar-refractivity contribution in [1.82, 2.24) is 14.9 Å². The van der Waals surface area contributed by atoms with Crippen LogP contribution in [-0.2, 0) is 9.53 Å². The van der Waals surface area contributed by atoms with Gasteiger partial charge in [0.25, 0.3) is 0 Å². The van der Waals surface area contributed by atoms with E-state index < -0.39 is 0 Å². The van der Waals surface area contributed by atoms with Crippen molar-refractivity contribution in [3.8, 4) is 0 Å². The number of amides is 1. The summed E-state index contributed by atoms with van der Waals surface area (Å²) in [6.45, 7) is 6.08. The summed E-state index contributed by atoms with van der Waals surface area (Å²) in [6, 6.07) is 17.9. The minimum Gasteiger partial charge on any atom is -0.379 e. The molecule has 178 valence electrons. The molecule has 0 unspecified atom stereocenters. The minimum absolute atomic E-state index is 0.0187. The van der Waals surface area contributed by atoms with E-state index in [-0.39, 0.29) is 5.91 Å². The Morgan fingerprint density at radius 2 is 1.76 bits per heavy atom. The van der Waals surface area contributed by atoms with Crippen LogP contribution in [0.15, 0.2) is 54.6 Å². The topological polar surface area (TPSA) is 70.6 Å². The molecule has 2 fully saturated rings. The smallest absolute Gasteiger partial charge is 0.226 e. The van der Waals surface area contributed by atoms with Gasteiger partial charge in [-0.15, -0.1) is 0 Å². The van der Waals surface area contributed by atoms with Crippen molar-refractivity contribution in [2.75, 3.05) is 56.2 Å². The number of hydrogen-bond acceptors (Lipinski definition) is 6. The number of carbonyl (C=O) groups excluding carboxylic acids is 1. The second kappa shape index (κ2) is 10.9. The second-order valence-electron chi connectivity index (χ2n) is 9.16. The Balaban J connectivity index is 1.33. The fraction of sp³-hybridized carbons (Fsp3) is 0.444. The van der Waals surface area contributed by atoms with Crippen LogP contribution >= 0.6 is 0 Å². The highest BCUT2D eigenvalue weighted by atomic mass is 16.5. The van der Waals surface area contributed by atoms with Crippen LogP contribution in [0, 0.1) is 0 Å². The van der Waals surface area contributed by atoms with E-state index in [1.54, 1.807) is 0 Å². The van der Waals surface area contributed by atoms with E-state index in [0.29, 0.717) is 18.9 Å². The van der Waals surface area contributed by atoms with Crippen molar-refractivity contribution in [1.29, 1.82) is 0 Å². The summed E-state index contributed by atoms with van der Waals surface area (Å²) in [7, 11) is 0. The number of rotatable bonds is 10. The van der Waals surface area contributed by atoms with Gasteiger partial charge in [0.15, 0.2) is 0 Å². The molecule has 2 aliphatic rings. The van der Waals surface area contributed by atoms with Gasteiger partial charge in [0.2, 0.25) is 5.91 Å². The molecule has 0 atom stereocenters. The number of ether oxygens (including phenoxy) is 1. The monoisotopic (exact) mass is 459 g/mol. The molecule has 5 rings (SSSR count). The van der Waals surface area contributed by atoms with Crippen molar-refractivity contribution >= 4 is 28.3 Å². The van der Waals surface area contributed by atoms with Crippen LogP contribution in [0.4, 0.5) is 11.5 Å². The number of para-hydroxylation sites is 2. The maximum absolute atomic E-state index is 12.7. The van der Waals surface area contributed by atoms with E-state index in [9.17, 15) is 4.79 Å². The van der Waals surface area contributed by atoms with Crippen molar-refractivity contribution in [3.63, 3.8) is 0 Å². The van der Waals surface area contributed by atoms with Crippen molar-refractivity contribution in [3.05, 3.63) is 60.4 Å². The summed E-state index contributed by atoms with van der Waals surface area (Å²) < 4.78 is 5.49. The van der Waals surface area contributed by atoms with E-state index in [2.05, 4.69) is 27.2 Å². The molecule has 34 heavy (non-hydrogen) atoms. The molecule has 1 saturated heterocycles. The van der Waals surface area contributed by atoms with Crippen LogP contribution < -0.4 is 10.2 Å².